The van der Waals surface area contributed by atoms with Gasteiger partial charge in [-0.2, -0.15) is 5.10 Å². The van der Waals surface area contributed by atoms with Gasteiger partial charge >= 0.3 is 0 Å². The second-order valence-electron chi connectivity index (χ2n) is 6.82. The van der Waals surface area contributed by atoms with E-state index in [0.717, 1.165) is 18.5 Å². The molecule has 1 fully saturated rings. The van der Waals surface area contributed by atoms with Crippen LogP contribution >= 0.6 is 0 Å². The van der Waals surface area contributed by atoms with E-state index in [1.807, 2.05) is 18.2 Å². The first-order chi connectivity index (χ1) is 13.6. The van der Waals surface area contributed by atoms with Crippen LogP contribution in [0.3, 0.4) is 0 Å². The van der Waals surface area contributed by atoms with Gasteiger partial charge < -0.3 is 10.2 Å². The monoisotopic (exact) mass is 376 g/mol. The molecule has 0 spiro atoms. The molecule has 0 atom stereocenters. The van der Waals surface area contributed by atoms with Crippen LogP contribution in [0.25, 0.3) is 10.8 Å². The van der Waals surface area contributed by atoms with Crippen LogP contribution in [-0.4, -0.2) is 28.6 Å². The first-order valence-corrected chi connectivity index (χ1v) is 9.28. The molecule has 142 valence electrons. The Balaban J connectivity index is 1.52. The predicted molar refractivity (Wildman–Crippen MR) is 107 cm³/mol. The standard InChI is InChI=1S/C21H20N4O3/c26-19(13-18-16-8-1-2-9-17(16)21(28)24-23-18)22-14-6-5-7-15(12-14)25-11-4-3-10-20(25)27/h1-2,5-9,12H,3-4,10-11,13H2,(H,22,26)(H,24,28). The molecule has 2 heterocycles. The SMILES string of the molecule is O=C(Cc1n[nH]c(=O)c2ccccc12)Nc1cccc(N2CCCCC2=O)c1. The highest BCUT2D eigenvalue weighted by atomic mass is 16.2. The van der Waals surface area contributed by atoms with Crippen molar-refractivity contribution in [1.29, 1.82) is 0 Å². The lowest BCUT2D eigenvalue weighted by molar-refractivity contribution is -0.119. The number of fused-ring (bicyclic) bond motifs is 1. The van der Waals surface area contributed by atoms with Gasteiger partial charge in [-0.3, -0.25) is 14.4 Å². The van der Waals surface area contributed by atoms with Crippen LogP contribution in [0.4, 0.5) is 11.4 Å². The van der Waals surface area contributed by atoms with Gasteiger partial charge in [0.2, 0.25) is 11.8 Å². The zero-order chi connectivity index (χ0) is 19.5. The minimum absolute atomic E-state index is 0.0319. The topological polar surface area (TPSA) is 95.2 Å². The first-order valence-electron chi connectivity index (χ1n) is 9.28. The number of nitrogens with one attached hydrogen (secondary N) is 2. The average molecular weight is 376 g/mol. The second-order valence-corrected chi connectivity index (χ2v) is 6.82. The zero-order valence-corrected chi connectivity index (χ0v) is 15.3. The molecule has 1 aliphatic heterocycles. The minimum Gasteiger partial charge on any atom is -0.326 e. The summed E-state index contributed by atoms with van der Waals surface area (Å²) in [5.41, 5.74) is 1.64. The van der Waals surface area contributed by atoms with E-state index in [2.05, 4.69) is 15.5 Å². The first kappa shape index (κ1) is 17.9. The van der Waals surface area contributed by atoms with Crippen LogP contribution in [-0.2, 0) is 16.0 Å². The lowest BCUT2D eigenvalue weighted by atomic mass is 10.1. The van der Waals surface area contributed by atoms with Gasteiger partial charge in [-0.15, -0.1) is 0 Å². The van der Waals surface area contributed by atoms with Crippen LogP contribution in [0.1, 0.15) is 25.0 Å². The largest absolute Gasteiger partial charge is 0.326 e. The molecule has 28 heavy (non-hydrogen) atoms. The summed E-state index contributed by atoms with van der Waals surface area (Å²) in [6.07, 6.45) is 2.49. The number of rotatable bonds is 4. The van der Waals surface area contributed by atoms with E-state index in [4.69, 9.17) is 0 Å². The van der Waals surface area contributed by atoms with Gasteiger partial charge in [0.1, 0.15) is 0 Å². The summed E-state index contributed by atoms with van der Waals surface area (Å²) in [5.74, 6) is -0.134. The molecule has 2 N–H and O–H groups in total. The summed E-state index contributed by atoms with van der Waals surface area (Å²) in [5, 5.41) is 10.5. The highest BCUT2D eigenvalue weighted by Crippen LogP contribution is 2.24. The number of hydrogen-bond donors (Lipinski definition) is 2. The molecular weight excluding hydrogens is 356 g/mol. The lowest BCUT2D eigenvalue weighted by Crippen LogP contribution is -2.35. The molecule has 4 rings (SSSR count). The molecule has 1 aliphatic rings. The molecule has 0 unspecified atom stereocenters. The number of carbonyl (C=O) groups excluding carboxylic acids is 2. The summed E-state index contributed by atoms with van der Waals surface area (Å²) < 4.78 is 0. The molecule has 0 aliphatic carbocycles. The molecule has 3 aromatic rings. The molecule has 0 saturated carbocycles. The van der Waals surface area contributed by atoms with Gasteiger partial charge in [0.15, 0.2) is 0 Å². The molecule has 2 aromatic carbocycles. The molecule has 2 amide bonds. The van der Waals surface area contributed by atoms with Gasteiger partial charge in [-0.25, -0.2) is 5.10 Å². The molecule has 7 nitrogen and oxygen atoms in total. The Kier molecular flexibility index (Phi) is 4.89. The number of aromatic nitrogens is 2. The highest BCUT2D eigenvalue weighted by molar-refractivity contribution is 5.97. The van der Waals surface area contributed by atoms with Gasteiger partial charge in [0.25, 0.3) is 5.56 Å². The molecular formula is C21H20N4O3. The maximum absolute atomic E-state index is 12.5. The second kappa shape index (κ2) is 7.64. The Labute approximate surface area is 161 Å². The lowest BCUT2D eigenvalue weighted by Gasteiger charge is -2.27. The van der Waals surface area contributed by atoms with Crippen molar-refractivity contribution >= 4 is 34.0 Å². The number of hydrogen-bond acceptors (Lipinski definition) is 4. The van der Waals surface area contributed by atoms with Gasteiger partial charge in [-0.05, 0) is 37.1 Å². The normalized spacial score (nSPS) is 14.3. The predicted octanol–water partition coefficient (Wildman–Crippen LogP) is 2.62. The Morgan fingerprint density at radius 2 is 1.89 bits per heavy atom. The van der Waals surface area contributed by atoms with E-state index in [1.165, 1.54) is 0 Å². The van der Waals surface area contributed by atoms with Gasteiger partial charge in [0, 0.05) is 29.7 Å². The van der Waals surface area contributed by atoms with E-state index in [1.54, 1.807) is 35.2 Å². The number of piperidine rings is 1. The van der Waals surface area contributed by atoms with Crippen molar-refractivity contribution in [2.45, 2.75) is 25.7 Å². The number of H-pyrrole nitrogens is 1. The maximum Gasteiger partial charge on any atom is 0.272 e. The van der Waals surface area contributed by atoms with E-state index in [9.17, 15) is 14.4 Å². The number of anilines is 2. The van der Waals surface area contributed by atoms with Crippen LogP contribution in [0, 0.1) is 0 Å². The van der Waals surface area contributed by atoms with Crippen molar-refractivity contribution in [3.8, 4) is 0 Å². The van der Waals surface area contributed by atoms with E-state index >= 15 is 0 Å². The summed E-state index contributed by atoms with van der Waals surface area (Å²) >= 11 is 0. The van der Waals surface area contributed by atoms with Gasteiger partial charge in [0.05, 0.1) is 17.5 Å². The summed E-state index contributed by atoms with van der Waals surface area (Å²) in [4.78, 5) is 38.3. The number of carbonyl (C=O) groups is 2. The molecule has 0 bridgehead atoms. The van der Waals surface area contributed by atoms with E-state index < -0.39 is 0 Å². The number of amides is 2. The Bertz CT molecular complexity index is 1110. The van der Waals surface area contributed by atoms with Crippen molar-refractivity contribution in [2.24, 2.45) is 0 Å². The van der Waals surface area contributed by atoms with Crippen molar-refractivity contribution < 1.29 is 9.59 Å². The third-order valence-electron chi connectivity index (χ3n) is 4.87. The quantitative estimate of drug-likeness (QED) is 0.732. The summed E-state index contributed by atoms with van der Waals surface area (Å²) in [6, 6.07) is 14.3. The Morgan fingerprint density at radius 1 is 1.07 bits per heavy atom. The van der Waals surface area contributed by atoms with Crippen LogP contribution in [0.15, 0.2) is 53.3 Å². The van der Waals surface area contributed by atoms with Crippen molar-refractivity contribution in [2.75, 3.05) is 16.8 Å². The molecule has 1 saturated heterocycles. The number of nitrogens with zero attached hydrogens (tertiary/aromatic N) is 2. The van der Waals surface area contributed by atoms with E-state index in [-0.39, 0.29) is 23.8 Å². The van der Waals surface area contributed by atoms with Crippen molar-refractivity contribution in [3.05, 3.63) is 64.6 Å². The van der Waals surface area contributed by atoms with Crippen LogP contribution in [0.2, 0.25) is 0 Å². The fourth-order valence-electron chi connectivity index (χ4n) is 3.49. The fourth-order valence-corrected chi connectivity index (χ4v) is 3.49. The number of aromatic amines is 1. The third-order valence-corrected chi connectivity index (χ3v) is 4.87. The van der Waals surface area contributed by atoms with Crippen LogP contribution in [0.5, 0.6) is 0 Å². The average Bonchev–Trinajstić information content (AvgIpc) is 2.71. The fraction of sp³-hybridized carbons (Fsp3) is 0.238. The van der Waals surface area contributed by atoms with Crippen molar-refractivity contribution in [1.82, 2.24) is 10.2 Å². The number of benzene rings is 2. The molecule has 0 radical (unpaired) electrons. The van der Waals surface area contributed by atoms with Gasteiger partial charge in [-0.1, -0.05) is 24.3 Å². The third kappa shape index (κ3) is 3.64. The Morgan fingerprint density at radius 3 is 2.71 bits per heavy atom. The minimum atomic E-state index is -0.279. The highest BCUT2D eigenvalue weighted by Gasteiger charge is 2.20. The molecule has 1 aromatic heterocycles. The van der Waals surface area contributed by atoms with Crippen molar-refractivity contribution in [3.63, 3.8) is 0 Å². The smallest absolute Gasteiger partial charge is 0.272 e. The summed E-state index contributed by atoms with van der Waals surface area (Å²) in [6.45, 7) is 0.698. The van der Waals surface area contributed by atoms with Crippen LogP contribution < -0.4 is 15.8 Å². The zero-order valence-electron chi connectivity index (χ0n) is 15.3. The van der Waals surface area contributed by atoms with E-state index in [0.29, 0.717) is 35.1 Å². The molecule has 7 heteroatoms. The summed E-state index contributed by atoms with van der Waals surface area (Å²) in [7, 11) is 0. The Hall–Kier alpha value is -3.48. The maximum atomic E-state index is 12.5.